The van der Waals surface area contributed by atoms with Gasteiger partial charge in [0.2, 0.25) is 0 Å². The van der Waals surface area contributed by atoms with E-state index in [4.69, 9.17) is 17.3 Å². The number of aromatic amines is 1. The van der Waals surface area contributed by atoms with Crippen molar-refractivity contribution in [1.82, 2.24) is 20.0 Å². The summed E-state index contributed by atoms with van der Waals surface area (Å²) in [5, 5.41) is 13.0. The number of aryl methyl sites for hydroxylation is 1. The third-order valence-electron chi connectivity index (χ3n) is 4.43. The Morgan fingerprint density at radius 3 is 2.58 bits per heavy atom. The molecule has 0 radical (unpaired) electrons. The smallest absolute Gasteiger partial charge is 0.272 e. The Labute approximate surface area is 154 Å². The summed E-state index contributed by atoms with van der Waals surface area (Å²) >= 11 is 6.01. The average molecular weight is 366 g/mol. The lowest BCUT2D eigenvalue weighted by atomic mass is 9.99. The highest BCUT2D eigenvalue weighted by molar-refractivity contribution is 6.30. The highest BCUT2D eigenvalue weighted by atomic mass is 35.5. The molecule has 0 aliphatic carbocycles. The Hall–Kier alpha value is -2.96. The van der Waals surface area contributed by atoms with Crippen LogP contribution in [0.1, 0.15) is 5.69 Å². The van der Waals surface area contributed by atoms with Crippen molar-refractivity contribution in [3.05, 3.63) is 69.7 Å². The van der Waals surface area contributed by atoms with E-state index in [9.17, 15) is 4.79 Å². The minimum Gasteiger partial charge on any atom is -0.325 e. The molecule has 0 saturated heterocycles. The molecule has 2 aromatic carbocycles. The molecule has 0 atom stereocenters. The number of nitrogens with zero attached hydrogens (tertiary/aromatic N) is 3. The molecular weight excluding hydrogens is 350 g/mol. The molecule has 26 heavy (non-hydrogen) atoms. The molecule has 6 nitrogen and oxygen atoms in total. The fourth-order valence-corrected chi connectivity index (χ4v) is 3.27. The van der Waals surface area contributed by atoms with Crippen molar-refractivity contribution in [3.63, 3.8) is 0 Å². The van der Waals surface area contributed by atoms with Crippen molar-refractivity contribution in [2.24, 2.45) is 12.8 Å². The standard InChI is InChI=1S/C19H16ClN5O/c1-25-18(11-2-5-13(20)6-3-11)16(10-22-25)12-4-7-14-15(8-12)17(9-21)23-24-19(14)26/h2-8,10H,9,21H2,1H3,(H,24,26). The normalized spacial score (nSPS) is 11.2. The van der Waals surface area contributed by atoms with Crippen molar-refractivity contribution in [1.29, 1.82) is 0 Å². The van der Waals surface area contributed by atoms with Crippen LogP contribution in [0, 0.1) is 0 Å². The summed E-state index contributed by atoms with van der Waals surface area (Å²) in [5.41, 5.74) is 10.1. The molecule has 3 N–H and O–H groups in total. The molecule has 0 bridgehead atoms. The van der Waals surface area contributed by atoms with Crippen molar-refractivity contribution in [2.45, 2.75) is 6.54 Å². The second-order valence-corrected chi connectivity index (χ2v) is 6.44. The van der Waals surface area contributed by atoms with Crippen LogP contribution < -0.4 is 11.3 Å². The monoisotopic (exact) mass is 365 g/mol. The molecule has 0 spiro atoms. The summed E-state index contributed by atoms with van der Waals surface area (Å²) in [4.78, 5) is 12.0. The first-order valence-corrected chi connectivity index (χ1v) is 8.46. The summed E-state index contributed by atoms with van der Waals surface area (Å²) in [7, 11) is 1.89. The van der Waals surface area contributed by atoms with Crippen LogP contribution in [-0.4, -0.2) is 20.0 Å². The average Bonchev–Trinajstić information content (AvgIpc) is 3.04. The van der Waals surface area contributed by atoms with Gasteiger partial charge in [-0.2, -0.15) is 10.2 Å². The minimum atomic E-state index is -0.229. The molecule has 2 heterocycles. The molecule has 0 saturated carbocycles. The molecule has 0 amide bonds. The molecule has 0 unspecified atom stereocenters. The lowest BCUT2D eigenvalue weighted by Gasteiger charge is -2.09. The highest BCUT2D eigenvalue weighted by Crippen LogP contribution is 2.33. The first kappa shape index (κ1) is 16.5. The Bertz CT molecular complexity index is 1160. The molecular formula is C19H16ClN5O. The summed E-state index contributed by atoms with van der Waals surface area (Å²) in [6.07, 6.45) is 1.81. The summed E-state index contributed by atoms with van der Waals surface area (Å²) in [6, 6.07) is 13.3. The number of fused-ring (bicyclic) bond motifs is 1. The number of H-pyrrole nitrogens is 1. The van der Waals surface area contributed by atoms with E-state index in [-0.39, 0.29) is 12.1 Å². The fraction of sp³-hybridized carbons (Fsp3) is 0.105. The lowest BCUT2D eigenvalue weighted by Crippen LogP contribution is -2.13. The van der Waals surface area contributed by atoms with E-state index in [1.54, 1.807) is 6.07 Å². The molecule has 0 aliphatic rings. The number of hydrogen-bond donors (Lipinski definition) is 2. The number of nitrogens with one attached hydrogen (secondary N) is 1. The molecule has 0 aliphatic heterocycles. The van der Waals surface area contributed by atoms with Gasteiger partial charge in [-0.15, -0.1) is 0 Å². The van der Waals surface area contributed by atoms with Crippen LogP contribution in [0.15, 0.2) is 53.5 Å². The van der Waals surface area contributed by atoms with E-state index >= 15 is 0 Å². The van der Waals surface area contributed by atoms with Gasteiger partial charge in [0.05, 0.1) is 23.0 Å². The summed E-state index contributed by atoms with van der Waals surface area (Å²) in [6.45, 7) is 0.244. The van der Waals surface area contributed by atoms with Gasteiger partial charge < -0.3 is 5.73 Å². The minimum absolute atomic E-state index is 0.229. The molecule has 0 fully saturated rings. The third kappa shape index (κ3) is 2.69. The van der Waals surface area contributed by atoms with Crippen molar-refractivity contribution >= 4 is 22.4 Å². The quantitative estimate of drug-likeness (QED) is 0.583. The maximum absolute atomic E-state index is 12.0. The first-order chi connectivity index (χ1) is 12.6. The Balaban J connectivity index is 1.94. The molecule has 130 valence electrons. The van der Waals surface area contributed by atoms with Crippen LogP contribution in [-0.2, 0) is 13.6 Å². The van der Waals surface area contributed by atoms with E-state index in [1.165, 1.54) is 0 Å². The molecule has 4 rings (SSSR count). The van der Waals surface area contributed by atoms with Gasteiger partial charge in [0, 0.05) is 35.1 Å². The number of benzene rings is 2. The molecule has 2 aromatic heterocycles. The number of nitrogens with two attached hydrogens (primary N) is 1. The number of halogens is 1. The fourth-order valence-electron chi connectivity index (χ4n) is 3.14. The third-order valence-corrected chi connectivity index (χ3v) is 4.68. The second-order valence-electron chi connectivity index (χ2n) is 6.00. The topological polar surface area (TPSA) is 89.6 Å². The van der Waals surface area contributed by atoms with Crippen molar-refractivity contribution in [2.75, 3.05) is 0 Å². The van der Waals surface area contributed by atoms with Crippen LogP contribution in [0.2, 0.25) is 5.02 Å². The Morgan fingerprint density at radius 2 is 1.85 bits per heavy atom. The van der Waals surface area contributed by atoms with E-state index in [1.807, 2.05) is 54.3 Å². The zero-order valence-corrected chi connectivity index (χ0v) is 14.8. The maximum Gasteiger partial charge on any atom is 0.272 e. The van der Waals surface area contributed by atoms with Gasteiger partial charge in [0.25, 0.3) is 5.56 Å². The van der Waals surface area contributed by atoms with Gasteiger partial charge in [-0.05, 0) is 29.8 Å². The summed E-state index contributed by atoms with van der Waals surface area (Å²) in [5.74, 6) is 0. The molecule has 7 heteroatoms. The number of hydrogen-bond acceptors (Lipinski definition) is 4. The number of aromatic nitrogens is 4. The maximum atomic E-state index is 12.0. The predicted octanol–water partition coefficient (Wildman–Crippen LogP) is 3.10. The second kappa shape index (κ2) is 6.40. The van der Waals surface area contributed by atoms with E-state index in [2.05, 4.69) is 15.3 Å². The van der Waals surface area contributed by atoms with Crippen LogP contribution in [0.3, 0.4) is 0 Å². The van der Waals surface area contributed by atoms with E-state index < -0.39 is 0 Å². The van der Waals surface area contributed by atoms with Crippen LogP contribution in [0.4, 0.5) is 0 Å². The van der Waals surface area contributed by atoms with Gasteiger partial charge in [0.1, 0.15) is 0 Å². The van der Waals surface area contributed by atoms with Crippen molar-refractivity contribution in [3.8, 4) is 22.4 Å². The Kier molecular flexibility index (Phi) is 4.06. The van der Waals surface area contributed by atoms with Crippen molar-refractivity contribution < 1.29 is 0 Å². The highest BCUT2D eigenvalue weighted by Gasteiger charge is 2.15. The number of rotatable bonds is 3. The van der Waals surface area contributed by atoms with Crippen LogP contribution >= 0.6 is 11.6 Å². The van der Waals surface area contributed by atoms with Gasteiger partial charge in [-0.3, -0.25) is 9.48 Å². The van der Waals surface area contributed by atoms with Crippen LogP contribution in [0.5, 0.6) is 0 Å². The van der Waals surface area contributed by atoms with Gasteiger partial charge in [-0.25, -0.2) is 5.10 Å². The van der Waals surface area contributed by atoms with E-state index in [0.29, 0.717) is 16.1 Å². The summed E-state index contributed by atoms with van der Waals surface area (Å²) < 4.78 is 1.82. The van der Waals surface area contributed by atoms with Gasteiger partial charge in [-0.1, -0.05) is 29.8 Å². The van der Waals surface area contributed by atoms with Gasteiger partial charge in [0.15, 0.2) is 0 Å². The van der Waals surface area contributed by atoms with Gasteiger partial charge >= 0.3 is 0 Å². The Morgan fingerprint density at radius 1 is 1.12 bits per heavy atom. The lowest BCUT2D eigenvalue weighted by molar-refractivity contribution is 0.776. The first-order valence-electron chi connectivity index (χ1n) is 8.08. The zero-order chi connectivity index (χ0) is 18.3. The SMILES string of the molecule is Cn1ncc(-c2ccc3c(=O)[nH]nc(CN)c3c2)c1-c1ccc(Cl)cc1. The zero-order valence-electron chi connectivity index (χ0n) is 14.0. The van der Waals surface area contributed by atoms with Crippen LogP contribution in [0.25, 0.3) is 33.2 Å². The molecule has 4 aromatic rings. The largest absolute Gasteiger partial charge is 0.325 e. The predicted molar refractivity (Wildman–Crippen MR) is 103 cm³/mol. The van der Waals surface area contributed by atoms with E-state index in [0.717, 1.165) is 27.8 Å².